The molecule has 21 heavy (non-hydrogen) atoms. The number of carbonyl (C=O) groups excluding carboxylic acids is 1. The molecule has 0 saturated carbocycles. The number of carbonyl (C=O) groups is 1. The van der Waals surface area contributed by atoms with Crippen LogP contribution in [-0.4, -0.2) is 17.6 Å². The molecule has 1 heterocycles. The summed E-state index contributed by atoms with van der Waals surface area (Å²) in [6.07, 6.45) is 0. The summed E-state index contributed by atoms with van der Waals surface area (Å²) in [5, 5.41) is 11.1. The van der Waals surface area contributed by atoms with Crippen molar-refractivity contribution in [1.29, 1.82) is 0 Å². The average Bonchev–Trinajstić information content (AvgIpc) is 2.93. The van der Waals surface area contributed by atoms with E-state index in [4.69, 9.17) is 5.11 Å². The van der Waals surface area contributed by atoms with Gasteiger partial charge in [0.15, 0.2) is 0 Å². The summed E-state index contributed by atoms with van der Waals surface area (Å²) in [6.45, 7) is -0.274. The van der Waals surface area contributed by atoms with Crippen molar-refractivity contribution in [3.05, 3.63) is 57.3 Å². The maximum absolute atomic E-state index is 13.4. The predicted octanol–water partition coefficient (Wildman–Crippen LogP) is 2.30. The Morgan fingerprint density at radius 3 is 2.81 bits per heavy atom. The average molecular weight is 307 g/mol. The number of benzene rings is 1. The lowest BCUT2D eigenvalue weighted by Crippen LogP contribution is -2.22. The van der Waals surface area contributed by atoms with E-state index in [-0.39, 0.29) is 24.6 Å². The molecular weight excluding hydrogens is 296 g/mol. The van der Waals surface area contributed by atoms with E-state index in [1.54, 1.807) is 12.1 Å². The lowest BCUT2D eigenvalue weighted by atomic mass is 10.2. The Kier molecular flexibility index (Phi) is 5.04. The van der Waals surface area contributed by atoms with Crippen LogP contribution >= 0.6 is 11.3 Å². The van der Waals surface area contributed by atoms with Crippen LogP contribution in [-0.2, 0) is 6.54 Å². The highest BCUT2D eigenvalue weighted by molar-refractivity contribution is 7.14. The number of hydrogen-bond donors (Lipinski definition) is 2. The fourth-order valence-electron chi connectivity index (χ4n) is 1.58. The van der Waals surface area contributed by atoms with Gasteiger partial charge in [-0.2, -0.15) is 0 Å². The predicted molar refractivity (Wildman–Crippen MR) is 75.8 cm³/mol. The highest BCUT2D eigenvalue weighted by Gasteiger charge is 2.10. The van der Waals surface area contributed by atoms with Crippen LogP contribution in [0.4, 0.5) is 8.78 Å². The van der Waals surface area contributed by atoms with E-state index >= 15 is 0 Å². The maximum Gasteiger partial charge on any atom is 0.261 e. The zero-order chi connectivity index (χ0) is 15.2. The first kappa shape index (κ1) is 15.2. The van der Waals surface area contributed by atoms with E-state index in [0.29, 0.717) is 9.75 Å². The molecule has 0 fully saturated rings. The van der Waals surface area contributed by atoms with Gasteiger partial charge in [0.1, 0.15) is 18.2 Å². The van der Waals surface area contributed by atoms with Gasteiger partial charge in [-0.1, -0.05) is 17.9 Å². The second kappa shape index (κ2) is 6.97. The van der Waals surface area contributed by atoms with Gasteiger partial charge in [0, 0.05) is 18.2 Å². The van der Waals surface area contributed by atoms with Crippen molar-refractivity contribution in [2.24, 2.45) is 0 Å². The van der Waals surface area contributed by atoms with E-state index in [9.17, 15) is 13.6 Å². The van der Waals surface area contributed by atoms with Crippen molar-refractivity contribution in [2.75, 3.05) is 6.61 Å². The first-order chi connectivity index (χ1) is 10.1. The zero-order valence-corrected chi connectivity index (χ0v) is 11.6. The molecule has 0 aliphatic carbocycles. The number of rotatable bonds is 3. The van der Waals surface area contributed by atoms with Crippen LogP contribution < -0.4 is 5.32 Å². The second-order valence-corrected chi connectivity index (χ2v) is 5.13. The summed E-state index contributed by atoms with van der Waals surface area (Å²) in [5.74, 6) is 3.46. The van der Waals surface area contributed by atoms with Crippen LogP contribution in [0.3, 0.4) is 0 Å². The van der Waals surface area contributed by atoms with Gasteiger partial charge < -0.3 is 10.4 Å². The molecule has 0 bridgehead atoms. The van der Waals surface area contributed by atoms with E-state index in [1.165, 1.54) is 17.4 Å². The fraction of sp³-hybridized carbons (Fsp3) is 0.133. The molecule has 0 saturated heterocycles. The van der Waals surface area contributed by atoms with Crippen LogP contribution in [0.15, 0.2) is 30.3 Å². The van der Waals surface area contributed by atoms with Crippen molar-refractivity contribution in [2.45, 2.75) is 6.54 Å². The van der Waals surface area contributed by atoms with Crippen molar-refractivity contribution in [1.82, 2.24) is 5.32 Å². The molecule has 0 unspecified atom stereocenters. The molecular formula is C15H11F2NO2S. The summed E-state index contributed by atoms with van der Waals surface area (Å²) in [7, 11) is 0. The number of thiophene rings is 1. The van der Waals surface area contributed by atoms with Crippen LogP contribution in [0.25, 0.3) is 0 Å². The first-order valence-electron chi connectivity index (χ1n) is 6.02. The van der Waals surface area contributed by atoms with E-state index in [0.717, 1.165) is 12.1 Å². The van der Waals surface area contributed by atoms with Crippen molar-refractivity contribution >= 4 is 17.2 Å². The van der Waals surface area contributed by atoms with Crippen LogP contribution in [0.5, 0.6) is 0 Å². The van der Waals surface area contributed by atoms with Gasteiger partial charge in [-0.3, -0.25) is 4.79 Å². The molecule has 108 valence electrons. The highest BCUT2D eigenvalue weighted by Crippen LogP contribution is 2.16. The zero-order valence-electron chi connectivity index (χ0n) is 10.8. The molecule has 6 heteroatoms. The molecule has 2 rings (SSSR count). The number of halogens is 2. The number of aliphatic hydroxyl groups is 1. The van der Waals surface area contributed by atoms with Gasteiger partial charge in [0.2, 0.25) is 0 Å². The summed E-state index contributed by atoms with van der Waals surface area (Å²) in [6, 6.07) is 6.47. The second-order valence-electron chi connectivity index (χ2n) is 4.04. The summed E-state index contributed by atoms with van der Waals surface area (Å²) in [4.78, 5) is 13.0. The molecule has 0 aliphatic rings. The Morgan fingerprint density at radius 2 is 2.10 bits per heavy atom. The van der Waals surface area contributed by atoms with Gasteiger partial charge in [0.05, 0.1) is 9.75 Å². The minimum absolute atomic E-state index is 0.0273. The Morgan fingerprint density at radius 1 is 1.29 bits per heavy atom. The molecule has 2 aromatic rings. The third kappa shape index (κ3) is 4.12. The molecule has 0 atom stereocenters. The molecule has 0 radical (unpaired) electrons. The van der Waals surface area contributed by atoms with Crippen LogP contribution in [0.1, 0.15) is 20.1 Å². The van der Waals surface area contributed by atoms with Crippen molar-refractivity contribution in [3.63, 3.8) is 0 Å². The third-order valence-corrected chi connectivity index (χ3v) is 3.57. The lowest BCUT2D eigenvalue weighted by Gasteiger charge is -2.05. The van der Waals surface area contributed by atoms with Crippen molar-refractivity contribution < 1.29 is 18.7 Å². The van der Waals surface area contributed by atoms with Gasteiger partial charge >= 0.3 is 0 Å². The van der Waals surface area contributed by atoms with E-state index < -0.39 is 11.6 Å². The first-order valence-corrected chi connectivity index (χ1v) is 6.83. The highest BCUT2D eigenvalue weighted by atomic mass is 32.1. The monoisotopic (exact) mass is 307 g/mol. The molecule has 2 N–H and O–H groups in total. The third-order valence-electron chi connectivity index (χ3n) is 2.57. The Hall–Kier alpha value is -2.23. The quantitative estimate of drug-likeness (QED) is 0.855. The smallest absolute Gasteiger partial charge is 0.261 e. The summed E-state index contributed by atoms with van der Waals surface area (Å²) in [5.41, 5.74) is 0.210. The van der Waals surface area contributed by atoms with Crippen LogP contribution in [0.2, 0.25) is 0 Å². The number of amides is 1. The lowest BCUT2D eigenvalue weighted by molar-refractivity contribution is 0.0954. The largest absolute Gasteiger partial charge is 0.384 e. The molecule has 3 nitrogen and oxygen atoms in total. The van der Waals surface area contributed by atoms with Gasteiger partial charge in [-0.05, 0) is 18.2 Å². The molecule has 0 spiro atoms. The minimum atomic E-state index is -0.698. The molecule has 1 aromatic carbocycles. The van der Waals surface area contributed by atoms with Gasteiger partial charge in [-0.15, -0.1) is 11.3 Å². The van der Waals surface area contributed by atoms with E-state index in [1.807, 2.05) is 0 Å². The van der Waals surface area contributed by atoms with Crippen molar-refractivity contribution in [3.8, 4) is 11.8 Å². The van der Waals surface area contributed by atoms with E-state index in [2.05, 4.69) is 17.2 Å². The SMILES string of the molecule is O=C(NCc1ccc(F)cc1F)c1ccc(C#CCO)s1. The molecule has 0 aliphatic heterocycles. The molecule has 1 aromatic heterocycles. The molecule has 1 amide bonds. The standard InChI is InChI=1S/C15H11F2NO2S/c16-11-4-3-10(13(17)8-11)9-18-15(20)14-6-5-12(21-14)2-1-7-19/h3-6,8,19H,7,9H2,(H,18,20). The normalized spacial score (nSPS) is 9.86. The summed E-state index contributed by atoms with van der Waals surface area (Å²) < 4.78 is 26.2. The number of nitrogens with one attached hydrogen (secondary N) is 1. The number of aliphatic hydroxyl groups excluding tert-OH is 1. The topological polar surface area (TPSA) is 49.3 Å². The maximum atomic E-state index is 13.4. The summed E-state index contributed by atoms with van der Waals surface area (Å²) >= 11 is 1.17. The van der Waals surface area contributed by atoms with Gasteiger partial charge in [0.25, 0.3) is 5.91 Å². The Labute approximate surface area is 124 Å². The Balaban J connectivity index is 2.00. The number of hydrogen-bond acceptors (Lipinski definition) is 3. The van der Waals surface area contributed by atoms with Gasteiger partial charge in [-0.25, -0.2) is 8.78 Å². The minimum Gasteiger partial charge on any atom is -0.384 e. The van der Waals surface area contributed by atoms with Crippen LogP contribution in [0, 0.1) is 23.5 Å². The fourth-order valence-corrected chi connectivity index (χ4v) is 2.38. The Bertz CT molecular complexity index is 716.